The average Bonchev–Trinajstić information content (AvgIpc) is 2.69. The minimum Gasteiger partial charge on any atom is -0.444 e. The summed E-state index contributed by atoms with van der Waals surface area (Å²) in [5, 5.41) is 18.6. The summed E-state index contributed by atoms with van der Waals surface area (Å²) in [6.45, 7) is 16.3. The number of nitrogens with one attached hydrogen (secondary N) is 2. The van der Waals surface area contributed by atoms with Gasteiger partial charge in [0.25, 0.3) is 5.69 Å². The van der Waals surface area contributed by atoms with E-state index >= 15 is 0 Å². The molecule has 190 valence electrons. The van der Waals surface area contributed by atoms with Crippen molar-refractivity contribution in [1.82, 2.24) is 10.2 Å². The van der Waals surface area contributed by atoms with Crippen molar-refractivity contribution in [1.29, 1.82) is 0 Å². The van der Waals surface area contributed by atoms with Gasteiger partial charge in [-0.1, -0.05) is 26.8 Å². The number of nitro benzene ring substituents is 1. The van der Waals surface area contributed by atoms with E-state index in [4.69, 9.17) is 4.74 Å². The number of ether oxygens (including phenoxy) is 1. The van der Waals surface area contributed by atoms with Crippen molar-refractivity contribution in [2.75, 3.05) is 18.4 Å². The minimum absolute atomic E-state index is 0.122. The van der Waals surface area contributed by atoms with Crippen molar-refractivity contribution in [3.05, 3.63) is 33.9 Å². The van der Waals surface area contributed by atoms with Crippen LogP contribution in [0.3, 0.4) is 0 Å². The molecule has 1 atom stereocenters. The molecule has 2 aliphatic rings. The maximum atomic E-state index is 12.3. The number of likely N-dealkylation sites (tertiary alicyclic amines) is 1. The molecule has 1 saturated heterocycles. The quantitative estimate of drug-likeness (QED) is 0.405. The van der Waals surface area contributed by atoms with Gasteiger partial charge in [-0.25, -0.2) is 4.79 Å². The van der Waals surface area contributed by atoms with Crippen LogP contribution in [0.5, 0.6) is 0 Å². The van der Waals surface area contributed by atoms with Gasteiger partial charge in [-0.05, 0) is 75.8 Å². The first-order valence-electron chi connectivity index (χ1n) is 12.4. The third-order valence-corrected chi connectivity index (χ3v) is 7.36. The monoisotopic (exact) mass is 474 g/mol. The normalized spacial score (nSPS) is 19.4. The Labute approximate surface area is 204 Å². The lowest BCUT2D eigenvalue weighted by atomic mass is 9.60. The zero-order valence-corrected chi connectivity index (χ0v) is 21.9. The molecule has 8 nitrogen and oxygen atoms in total. The first-order chi connectivity index (χ1) is 15.7. The highest BCUT2D eigenvalue weighted by Gasteiger charge is 2.47. The average molecular weight is 475 g/mol. The van der Waals surface area contributed by atoms with E-state index in [9.17, 15) is 14.9 Å². The molecule has 3 rings (SSSR count). The van der Waals surface area contributed by atoms with Crippen LogP contribution >= 0.6 is 0 Å². The molecule has 1 aliphatic carbocycles. The molecule has 8 heteroatoms. The van der Waals surface area contributed by atoms with E-state index in [-0.39, 0.29) is 39.6 Å². The summed E-state index contributed by atoms with van der Waals surface area (Å²) in [5.74, 6) is 0. The number of hydrogen-bond donors (Lipinski definition) is 2. The van der Waals surface area contributed by atoms with Crippen LogP contribution < -0.4 is 10.6 Å². The van der Waals surface area contributed by atoms with E-state index in [0.29, 0.717) is 25.3 Å². The number of piperidine rings is 1. The Balaban J connectivity index is 1.53. The van der Waals surface area contributed by atoms with Gasteiger partial charge in [0, 0.05) is 37.8 Å². The third-order valence-electron chi connectivity index (χ3n) is 7.36. The Morgan fingerprint density at radius 1 is 1.21 bits per heavy atom. The molecule has 1 aromatic carbocycles. The van der Waals surface area contributed by atoms with Crippen LogP contribution in [0.1, 0.15) is 79.7 Å². The molecule has 34 heavy (non-hydrogen) atoms. The summed E-state index contributed by atoms with van der Waals surface area (Å²) >= 11 is 0. The zero-order valence-electron chi connectivity index (χ0n) is 21.9. The first-order valence-corrected chi connectivity index (χ1v) is 12.4. The van der Waals surface area contributed by atoms with E-state index < -0.39 is 5.60 Å². The molecule has 1 heterocycles. The number of nitro groups is 1. The summed E-state index contributed by atoms with van der Waals surface area (Å²) in [7, 11) is 0. The molecule has 0 unspecified atom stereocenters. The summed E-state index contributed by atoms with van der Waals surface area (Å²) in [4.78, 5) is 25.6. The molecule has 1 aliphatic heterocycles. The highest BCUT2D eigenvalue weighted by atomic mass is 16.6. The fraction of sp³-hybridized carbons (Fsp3) is 0.731. The highest BCUT2D eigenvalue weighted by molar-refractivity contribution is 5.68. The predicted octanol–water partition coefficient (Wildman–Crippen LogP) is 5.71. The van der Waals surface area contributed by atoms with Crippen LogP contribution in [0, 0.1) is 20.9 Å². The summed E-state index contributed by atoms with van der Waals surface area (Å²) < 4.78 is 5.50. The van der Waals surface area contributed by atoms with Crippen LogP contribution in [-0.2, 0) is 11.3 Å². The minimum atomic E-state index is -0.483. The largest absolute Gasteiger partial charge is 0.444 e. The molecular formula is C26H42N4O4. The van der Waals surface area contributed by atoms with Crippen molar-refractivity contribution in [2.24, 2.45) is 10.8 Å². The van der Waals surface area contributed by atoms with E-state index in [1.165, 1.54) is 0 Å². The fourth-order valence-corrected chi connectivity index (χ4v) is 4.74. The van der Waals surface area contributed by atoms with Gasteiger partial charge in [0.15, 0.2) is 0 Å². The van der Waals surface area contributed by atoms with Gasteiger partial charge >= 0.3 is 6.09 Å². The van der Waals surface area contributed by atoms with Crippen molar-refractivity contribution in [3.63, 3.8) is 0 Å². The van der Waals surface area contributed by atoms with Gasteiger partial charge in [0.2, 0.25) is 0 Å². The van der Waals surface area contributed by atoms with Crippen LogP contribution in [0.25, 0.3) is 0 Å². The number of nitrogens with zero attached hydrogens (tertiary/aromatic N) is 2. The van der Waals surface area contributed by atoms with Crippen LogP contribution in [0.2, 0.25) is 0 Å². The van der Waals surface area contributed by atoms with E-state index in [1.54, 1.807) is 11.0 Å². The van der Waals surface area contributed by atoms with E-state index in [0.717, 1.165) is 31.2 Å². The number of benzene rings is 1. The number of anilines is 1. The summed E-state index contributed by atoms with van der Waals surface area (Å²) in [6.07, 6.45) is 3.60. The Morgan fingerprint density at radius 2 is 1.82 bits per heavy atom. The van der Waals surface area contributed by atoms with Crippen LogP contribution in [0.15, 0.2) is 18.2 Å². The predicted molar refractivity (Wildman–Crippen MR) is 135 cm³/mol. The van der Waals surface area contributed by atoms with Crippen molar-refractivity contribution in [3.8, 4) is 0 Å². The SMILES string of the molecule is C[C@H](NCc1ccc(NC2CC3(CCN(C(=O)OC(C)(C)C)CC3)C2)c([N+](=O)[O-])c1)C(C)(C)C. The Morgan fingerprint density at radius 3 is 2.35 bits per heavy atom. The molecule has 0 aromatic heterocycles. The molecule has 0 bridgehead atoms. The second kappa shape index (κ2) is 9.72. The van der Waals surface area contributed by atoms with Gasteiger partial charge in [0.05, 0.1) is 4.92 Å². The Hall–Kier alpha value is -2.35. The number of carbonyl (C=O) groups is 1. The third kappa shape index (κ3) is 6.62. The van der Waals surface area contributed by atoms with Gasteiger partial charge in [0.1, 0.15) is 11.3 Å². The molecule has 1 saturated carbocycles. The number of carbonyl (C=O) groups excluding carboxylic acids is 1. The Bertz CT molecular complexity index is 887. The van der Waals surface area contributed by atoms with Gasteiger partial charge in [-0.15, -0.1) is 0 Å². The molecule has 1 spiro atoms. The van der Waals surface area contributed by atoms with Gasteiger partial charge in [-0.3, -0.25) is 10.1 Å². The second-order valence-electron chi connectivity index (χ2n) is 12.3. The van der Waals surface area contributed by atoms with Crippen molar-refractivity contribution >= 4 is 17.5 Å². The van der Waals surface area contributed by atoms with Gasteiger partial charge < -0.3 is 20.3 Å². The zero-order chi connectivity index (χ0) is 25.3. The lowest BCUT2D eigenvalue weighted by molar-refractivity contribution is -0.384. The maximum absolute atomic E-state index is 12.3. The molecule has 1 amide bonds. The summed E-state index contributed by atoms with van der Waals surface area (Å²) in [6, 6.07) is 5.99. The maximum Gasteiger partial charge on any atom is 0.410 e. The lowest BCUT2D eigenvalue weighted by Crippen LogP contribution is -2.53. The highest BCUT2D eigenvalue weighted by Crippen LogP contribution is 2.50. The first kappa shape index (κ1) is 26.3. The molecule has 0 radical (unpaired) electrons. The van der Waals surface area contributed by atoms with Crippen molar-refractivity contribution < 1.29 is 14.5 Å². The topological polar surface area (TPSA) is 96.7 Å². The number of hydrogen-bond acceptors (Lipinski definition) is 6. The van der Waals surface area contributed by atoms with Crippen molar-refractivity contribution in [2.45, 2.75) is 98.4 Å². The summed E-state index contributed by atoms with van der Waals surface area (Å²) in [5.41, 5.74) is 1.48. The standard InChI is InChI=1S/C26H42N4O4/c1-18(24(2,3)4)27-17-19-8-9-21(22(14-19)30(32)33)28-20-15-26(16-20)10-12-29(13-11-26)23(31)34-25(5,6)7/h8-9,14,18,20,27-28H,10-13,15-17H2,1-7H3/t18-/m0/s1. The number of amides is 1. The Kier molecular flexibility index (Phi) is 7.51. The number of rotatable bonds is 6. The molecule has 2 fully saturated rings. The molecular weight excluding hydrogens is 432 g/mol. The molecule has 1 aromatic rings. The molecule has 2 N–H and O–H groups in total. The van der Waals surface area contributed by atoms with E-state index in [1.807, 2.05) is 32.9 Å². The van der Waals surface area contributed by atoms with E-state index in [2.05, 4.69) is 38.3 Å². The van der Waals surface area contributed by atoms with Gasteiger partial charge in [-0.2, -0.15) is 0 Å². The van der Waals surface area contributed by atoms with Crippen LogP contribution in [0.4, 0.5) is 16.2 Å². The lowest BCUT2D eigenvalue weighted by Gasteiger charge is -2.52. The smallest absolute Gasteiger partial charge is 0.410 e. The second-order valence-corrected chi connectivity index (χ2v) is 12.3. The van der Waals surface area contributed by atoms with Crippen LogP contribution in [-0.4, -0.2) is 46.7 Å². The fourth-order valence-electron chi connectivity index (χ4n) is 4.74.